The molecular weight excluding hydrogens is 364 g/mol. The molecule has 2 aliphatic rings. The number of nitrogens with one attached hydrogen (secondary N) is 1. The molecule has 0 radical (unpaired) electrons. The minimum Gasteiger partial charge on any atom is -0.356 e. The summed E-state index contributed by atoms with van der Waals surface area (Å²) in [7, 11) is 0. The number of fused-ring (bicyclic) bond motifs is 1. The van der Waals surface area contributed by atoms with Crippen LogP contribution in [-0.4, -0.2) is 29.0 Å². The van der Waals surface area contributed by atoms with Crippen molar-refractivity contribution in [2.45, 2.75) is 52.0 Å². The monoisotopic (exact) mass is 390 g/mol. The second-order valence-electron chi connectivity index (χ2n) is 7.35. The van der Waals surface area contributed by atoms with Gasteiger partial charge in [-0.05, 0) is 43.9 Å². The SMILES string of the molecule is CC(=O)CCCC(=O)NCCC(=O)N1Cc2ccccc2C#CC2=C1C=CCC2. The molecule has 0 spiro atoms. The predicted octanol–water partition coefficient (Wildman–Crippen LogP) is 3.25. The minimum absolute atomic E-state index is 0.0356. The van der Waals surface area contributed by atoms with Crippen LogP contribution in [0.1, 0.15) is 56.6 Å². The van der Waals surface area contributed by atoms with Crippen molar-refractivity contribution in [3.8, 4) is 11.8 Å². The summed E-state index contributed by atoms with van der Waals surface area (Å²) >= 11 is 0. The van der Waals surface area contributed by atoms with Gasteiger partial charge in [0.05, 0.1) is 12.2 Å². The molecule has 0 atom stereocenters. The summed E-state index contributed by atoms with van der Waals surface area (Å²) in [6, 6.07) is 7.90. The molecule has 0 fully saturated rings. The van der Waals surface area contributed by atoms with E-state index in [1.54, 1.807) is 4.90 Å². The van der Waals surface area contributed by atoms with Crippen molar-refractivity contribution in [1.82, 2.24) is 10.2 Å². The van der Waals surface area contributed by atoms with E-state index in [4.69, 9.17) is 0 Å². The second kappa shape index (κ2) is 9.88. The van der Waals surface area contributed by atoms with E-state index in [-0.39, 0.29) is 30.6 Å². The predicted molar refractivity (Wildman–Crippen MR) is 111 cm³/mol. The molecule has 1 heterocycles. The van der Waals surface area contributed by atoms with Crippen molar-refractivity contribution in [3.05, 3.63) is 58.8 Å². The summed E-state index contributed by atoms with van der Waals surface area (Å²) in [5.74, 6) is 6.43. The molecule has 5 nitrogen and oxygen atoms in total. The molecule has 1 aliphatic heterocycles. The fourth-order valence-corrected chi connectivity index (χ4v) is 3.46. The lowest BCUT2D eigenvalue weighted by molar-refractivity contribution is -0.129. The molecule has 1 N–H and O–H groups in total. The van der Waals surface area contributed by atoms with Gasteiger partial charge in [-0.3, -0.25) is 9.59 Å². The molecule has 1 aromatic carbocycles. The zero-order valence-electron chi connectivity index (χ0n) is 16.8. The number of Topliss-reactive ketones (excluding diaryl/α,β-unsaturated/α-hetero) is 1. The van der Waals surface area contributed by atoms with Crippen molar-refractivity contribution in [3.63, 3.8) is 0 Å². The van der Waals surface area contributed by atoms with Gasteiger partial charge in [-0.25, -0.2) is 0 Å². The lowest BCUT2D eigenvalue weighted by Gasteiger charge is -2.28. The van der Waals surface area contributed by atoms with Crippen LogP contribution in [0, 0.1) is 11.8 Å². The average molecular weight is 390 g/mol. The normalized spacial score (nSPS) is 14.7. The van der Waals surface area contributed by atoms with Crippen molar-refractivity contribution in [2.24, 2.45) is 0 Å². The van der Waals surface area contributed by atoms with E-state index in [0.717, 1.165) is 35.2 Å². The topological polar surface area (TPSA) is 66.5 Å². The maximum absolute atomic E-state index is 13.0. The number of carbonyl (C=O) groups excluding carboxylic acids is 3. The standard InChI is InChI=1S/C24H26N2O3/c1-18(27)7-6-12-23(28)25-16-15-24(29)26-17-21-10-3-2-8-19(21)13-14-20-9-4-5-11-22(20)26/h2-3,5,8,10-11H,4,6-7,9,12,15-17H2,1H3,(H,25,28). The molecule has 0 saturated carbocycles. The Hall–Kier alpha value is -3.13. The van der Waals surface area contributed by atoms with E-state index in [2.05, 4.69) is 23.2 Å². The molecule has 5 heteroatoms. The first-order valence-corrected chi connectivity index (χ1v) is 10.1. The first kappa shape index (κ1) is 20.6. The highest BCUT2D eigenvalue weighted by Gasteiger charge is 2.23. The Labute approximate surface area is 171 Å². The number of rotatable bonds is 7. The Kier molecular flexibility index (Phi) is 7.02. The minimum atomic E-state index is -0.125. The maximum Gasteiger partial charge on any atom is 0.229 e. The maximum atomic E-state index is 13.0. The average Bonchev–Trinajstić information content (AvgIpc) is 2.69. The van der Waals surface area contributed by atoms with Crippen molar-refractivity contribution >= 4 is 17.6 Å². The fourth-order valence-electron chi connectivity index (χ4n) is 3.46. The number of allylic oxidation sites excluding steroid dienone is 3. The second-order valence-corrected chi connectivity index (χ2v) is 7.35. The lowest BCUT2D eigenvalue weighted by atomic mass is 9.97. The highest BCUT2D eigenvalue weighted by Crippen LogP contribution is 2.26. The summed E-state index contributed by atoms with van der Waals surface area (Å²) < 4.78 is 0. The molecule has 150 valence electrons. The zero-order chi connectivity index (χ0) is 20.6. The molecule has 1 aliphatic carbocycles. The Morgan fingerprint density at radius 2 is 1.93 bits per heavy atom. The number of benzene rings is 1. The number of amides is 2. The van der Waals surface area contributed by atoms with E-state index >= 15 is 0 Å². The Balaban J connectivity index is 1.66. The number of hydrogen-bond donors (Lipinski definition) is 1. The summed E-state index contributed by atoms with van der Waals surface area (Å²) in [6.07, 6.45) is 7.29. The highest BCUT2D eigenvalue weighted by molar-refractivity contribution is 5.81. The Bertz CT molecular complexity index is 931. The smallest absolute Gasteiger partial charge is 0.229 e. The van der Waals surface area contributed by atoms with Crippen LogP contribution in [0.25, 0.3) is 0 Å². The quantitative estimate of drug-likeness (QED) is 0.727. The molecule has 0 aromatic heterocycles. The number of nitrogens with zero attached hydrogens (tertiary/aromatic N) is 1. The van der Waals surface area contributed by atoms with Crippen LogP contribution in [0.2, 0.25) is 0 Å². The number of carbonyl (C=O) groups is 3. The highest BCUT2D eigenvalue weighted by atomic mass is 16.2. The third kappa shape index (κ3) is 5.68. The fraction of sp³-hybridized carbons (Fsp3) is 0.375. The summed E-state index contributed by atoms with van der Waals surface area (Å²) in [5, 5.41) is 2.79. The van der Waals surface area contributed by atoms with Crippen LogP contribution in [0.5, 0.6) is 0 Å². The van der Waals surface area contributed by atoms with Gasteiger partial charge in [0.15, 0.2) is 0 Å². The lowest BCUT2D eigenvalue weighted by Crippen LogP contribution is -2.34. The third-order valence-corrected chi connectivity index (χ3v) is 5.03. The third-order valence-electron chi connectivity index (χ3n) is 5.03. The van der Waals surface area contributed by atoms with Crippen molar-refractivity contribution < 1.29 is 14.4 Å². The van der Waals surface area contributed by atoms with Crippen LogP contribution in [0.4, 0.5) is 0 Å². The number of hydrogen-bond acceptors (Lipinski definition) is 3. The molecule has 0 saturated heterocycles. The van der Waals surface area contributed by atoms with Crippen LogP contribution < -0.4 is 5.32 Å². The zero-order valence-corrected chi connectivity index (χ0v) is 16.8. The van der Waals surface area contributed by atoms with Crippen molar-refractivity contribution in [2.75, 3.05) is 6.54 Å². The summed E-state index contributed by atoms with van der Waals surface area (Å²) in [4.78, 5) is 37.7. The van der Waals surface area contributed by atoms with Crippen molar-refractivity contribution in [1.29, 1.82) is 0 Å². The number of ketones is 1. The van der Waals surface area contributed by atoms with Crippen LogP contribution in [0.3, 0.4) is 0 Å². The van der Waals surface area contributed by atoms with E-state index < -0.39 is 0 Å². The Morgan fingerprint density at radius 1 is 1.10 bits per heavy atom. The largest absolute Gasteiger partial charge is 0.356 e. The summed E-state index contributed by atoms with van der Waals surface area (Å²) in [6.45, 7) is 2.28. The molecular formula is C24H26N2O3. The summed E-state index contributed by atoms with van der Waals surface area (Å²) in [5.41, 5.74) is 3.83. The van der Waals surface area contributed by atoms with Gasteiger partial charge in [-0.1, -0.05) is 36.1 Å². The van der Waals surface area contributed by atoms with E-state index in [1.807, 2.05) is 30.3 Å². The van der Waals surface area contributed by atoms with Gasteiger partial charge in [0.25, 0.3) is 0 Å². The van der Waals surface area contributed by atoms with E-state index in [0.29, 0.717) is 25.8 Å². The van der Waals surface area contributed by atoms with Crippen LogP contribution in [0.15, 0.2) is 47.7 Å². The van der Waals surface area contributed by atoms with E-state index in [1.165, 1.54) is 6.92 Å². The van der Waals surface area contributed by atoms with Gasteiger partial charge in [0.1, 0.15) is 5.78 Å². The molecule has 3 rings (SSSR count). The van der Waals surface area contributed by atoms with Crippen LogP contribution >= 0.6 is 0 Å². The first-order chi connectivity index (χ1) is 14.0. The van der Waals surface area contributed by atoms with Gasteiger partial charge >= 0.3 is 0 Å². The molecule has 1 aromatic rings. The van der Waals surface area contributed by atoms with Gasteiger partial charge in [0.2, 0.25) is 11.8 Å². The van der Waals surface area contributed by atoms with Gasteiger partial charge in [0, 0.05) is 36.9 Å². The van der Waals surface area contributed by atoms with Gasteiger partial charge in [-0.2, -0.15) is 0 Å². The molecule has 0 bridgehead atoms. The molecule has 0 unspecified atom stereocenters. The molecule has 2 amide bonds. The van der Waals surface area contributed by atoms with Gasteiger partial charge < -0.3 is 15.0 Å². The molecule has 29 heavy (non-hydrogen) atoms. The van der Waals surface area contributed by atoms with Crippen LogP contribution in [-0.2, 0) is 20.9 Å². The van der Waals surface area contributed by atoms with Gasteiger partial charge in [-0.15, -0.1) is 0 Å². The Morgan fingerprint density at radius 3 is 2.76 bits per heavy atom. The van der Waals surface area contributed by atoms with E-state index in [9.17, 15) is 14.4 Å². The first-order valence-electron chi connectivity index (χ1n) is 10.1.